The van der Waals surface area contributed by atoms with Crippen molar-refractivity contribution in [2.75, 3.05) is 18.4 Å². The first-order chi connectivity index (χ1) is 10.6. The van der Waals surface area contributed by atoms with Gasteiger partial charge in [0.2, 0.25) is 0 Å². The van der Waals surface area contributed by atoms with Crippen LogP contribution in [0.2, 0.25) is 0 Å². The van der Waals surface area contributed by atoms with Crippen molar-refractivity contribution in [2.24, 2.45) is 13.0 Å². The van der Waals surface area contributed by atoms with E-state index in [9.17, 15) is 4.79 Å². The number of hydrogen-bond acceptors (Lipinski definition) is 4. The molecule has 0 radical (unpaired) electrons. The fourth-order valence-electron chi connectivity index (χ4n) is 2.79. The number of nitrogens with zero attached hydrogens (tertiary/aromatic N) is 4. The van der Waals surface area contributed by atoms with Crippen molar-refractivity contribution in [1.82, 2.24) is 19.7 Å². The zero-order valence-electron chi connectivity index (χ0n) is 13.0. The Labute approximate surface area is 134 Å². The van der Waals surface area contributed by atoms with Gasteiger partial charge >= 0.3 is 6.03 Å². The number of urea groups is 1. The van der Waals surface area contributed by atoms with E-state index in [1.54, 1.807) is 0 Å². The average molecular weight is 319 g/mol. The number of anilines is 1. The molecule has 0 saturated carbocycles. The number of carbonyl (C=O) groups excluding carboxylic acids is 1. The van der Waals surface area contributed by atoms with Gasteiger partial charge in [0.25, 0.3) is 0 Å². The highest BCUT2D eigenvalue weighted by Gasteiger charge is 2.27. The summed E-state index contributed by atoms with van der Waals surface area (Å²) in [6.07, 6.45) is 6.87. The third-order valence-electron chi connectivity index (χ3n) is 3.98. The maximum atomic E-state index is 12.3. The summed E-state index contributed by atoms with van der Waals surface area (Å²) in [5, 5.41) is 9.78. The summed E-state index contributed by atoms with van der Waals surface area (Å²) in [6, 6.07) is -0.0364. The van der Waals surface area contributed by atoms with Crippen LogP contribution in [0.3, 0.4) is 0 Å². The molecule has 1 fully saturated rings. The summed E-state index contributed by atoms with van der Waals surface area (Å²) >= 11 is 1.49. The molecule has 0 bridgehead atoms. The smallest absolute Gasteiger partial charge is 0.323 e. The highest BCUT2D eigenvalue weighted by Crippen LogP contribution is 2.22. The molecule has 118 valence electrons. The Bertz CT molecular complexity index is 650. The van der Waals surface area contributed by atoms with Crippen LogP contribution in [-0.2, 0) is 19.9 Å². The SMILES string of the molecule is CCc1csc(NC(=O)N2CC[C@H](Cc3cnn(C)c3)C2)n1. The minimum absolute atomic E-state index is 0.0364. The van der Waals surface area contributed by atoms with Crippen LogP contribution in [0, 0.1) is 5.92 Å². The molecule has 0 spiro atoms. The molecular formula is C15H21N5OS. The van der Waals surface area contributed by atoms with E-state index in [0.717, 1.165) is 38.0 Å². The number of aryl methyl sites for hydroxylation is 2. The van der Waals surface area contributed by atoms with Gasteiger partial charge in [-0.3, -0.25) is 10.00 Å². The van der Waals surface area contributed by atoms with E-state index < -0.39 is 0 Å². The predicted octanol–water partition coefficient (Wildman–Crippen LogP) is 2.54. The summed E-state index contributed by atoms with van der Waals surface area (Å²) < 4.78 is 1.82. The molecule has 1 atom stereocenters. The van der Waals surface area contributed by atoms with Gasteiger partial charge in [0.05, 0.1) is 11.9 Å². The van der Waals surface area contributed by atoms with E-state index in [0.29, 0.717) is 11.0 Å². The van der Waals surface area contributed by atoms with Crippen LogP contribution in [0.25, 0.3) is 0 Å². The lowest BCUT2D eigenvalue weighted by Gasteiger charge is -2.16. The van der Waals surface area contributed by atoms with Gasteiger partial charge < -0.3 is 4.90 Å². The summed E-state index contributed by atoms with van der Waals surface area (Å²) in [5.41, 5.74) is 2.26. The van der Waals surface area contributed by atoms with E-state index >= 15 is 0 Å². The second-order valence-corrected chi connectivity index (χ2v) is 6.61. The summed E-state index contributed by atoms with van der Waals surface area (Å²) in [7, 11) is 1.93. The molecule has 7 heteroatoms. The topological polar surface area (TPSA) is 63.1 Å². The first-order valence-corrected chi connectivity index (χ1v) is 8.50. The average Bonchev–Trinajstić information content (AvgIpc) is 3.21. The number of aromatic nitrogens is 3. The third-order valence-corrected chi connectivity index (χ3v) is 4.79. The molecule has 2 amide bonds. The van der Waals surface area contributed by atoms with Gasteiger partial charge in [-0.15, -0.1) is 11.3 Å². The second kappa shape index (κ2) is 6.48. The first kappa shape index (κ1) is 15.0. The van der Waals surface area contributed by atoms with Gasteiger partial charge in [-0.1, -0.05) is 6.92 Å². The molecule has 2 aromatic heterocycles. The molecular weight excluding hydrogens is 298 g/mol. The molecule has 1 saturated heterocycles. The van der Waals surface area contributed by atoms with E-state index in [4.69, 9.17) is 0 Å². The van der Waals surface area contributed by atoms with Crippen LogP contribution in [0.1, 0.15) is 24.6 Å². The minimum atomic E-state index is -0.0364. The number of carbonyl (C=O) groups is 1. The molecule has 0 aromatic carbocycles. The minimum Gasteiger partial charge on any atom is -0.324 e. The van der Waals surface area contributed by atoms with Crippen LogP contribution in [0.4, 0.5) is 9.93 Å². The number of hydrogen-bond donors (Lipinski definition) is 1. The normalized spacial score (nSPS) is 17.9. The van der Waals surface area contributed by atoms with Gasteiger partial charge in [-0.05, 0) is 30.7 Å². The van der Waals surface area contributed by atoms with Crippen molar-refractivity contribution in [2.45, 2.75) is 26.2 Å². The summed E-state index contributed by atoms with van der Waals surface area (Å²) in [4.78, 5) is 18.5. The third kappa shape index (κ3) is 3.47. The molecule has 1 N–H and O–H groups in total. The van der Waals surface area contributed by atoms with E-state index in [1.165, 1.54) is 16.9 Å². The van der Waals surface area contributed by atoms with Crippen LogP contribution in [-0.4, -0.2) is 38.8 Å². The lowest BCUT2D eigenvalue weighted by Crippen LogP contribution is -2.33. The van der Waals surface area contributed by atoms with Crippen molar-refractivity contribution in [1.29, 1.82) is 0 Å². The van der Waals surface area contributed by atoms with Crippen LogP contribution in [0.15, 0.2) is 17.8 Å². The molecule has 0 unspecified atom stereocenters. The lowest BCUT2D eigenvalue weighted by molar-refractivity contribution is 0.221. The Morgan fingerprint density at radius 2 is 2.41 bits per heavy atom. The van der Waals surface area contributed by atoms with E-state index in [-0.39, 0.29) is 6.03 Å². The number of thiazole rings is 1. The fourth-order valence-corrected chi connectivity index (χ4v) is 3.57. The van der Waals surface area contributed by atoms with Crippen molar-refractivity contribution >= 4 is 22.5 Å². The summed E-state index contributed by atoms with van der Waals surface area (Å²) in [5.74, 6) is 0.512. The molecule has 1 aliphatic heterocycles. The van der Waals surface area contributed by atoms with Gasteiger partial charge in [-0.2, -0.15) is 5.10 Å². The number of rotatable bonds is 4. The van der Waals surface area contributed by atoms with Gasteiger partial charge in [0.15, 0.2) is 5.13 Å². The summed E-state index contributed by atoms with van der Waals surface area (Å²) in [6.45, 7) is 3.67. The molecule has 3 rings (SSSR count). The van der Waals surface area contributed by atoms with E-state index in [1.807, 2.05) is 34.4 Å². The standard InChI is InChI=1S/C15H21N5OS/c1-3-13-10-22-14(17-13)18-15(21)20-5-4-11(9-20)6-12-7-16-19(2)8-12/h7-8,10-11H,3-6,9H2,1-2H3,(H,17,18,21)/t11-/m1/s1. The van der Waals surface area contributed by atoms with Crippen LogP contribution >= 0.6 is 11.3 Å². The van der Waals surface area contributed by atoms with Gasteiger partial charge in [0, 0.05) is 31.7 Å². The maximum Gasteiger partial charge on any atom is 0.323 e. The molecule has 6 nitrogen and oxygen atoms in total. The molecule has 2 aromatic rings. The Kier molecular flexibility index (Phi) is 4.42. The molecule has 1 aliphatic rings. The number of nitrogens with one attached hydrogen (secondary N) is 1. The second-order valence-electron chi connectivity index (χ2n) is 5.75. The highest BCUT2D eigenvalue weighted by molar-refractivity contribution is 7.13. The largest absolute Gasteiger partial charge is 0.324 e. The van der Waals surface area contributed by atoms with Crippen LogP contribution in [0.5, 0.6) is 0 Å². The zero-order chi connectivity index (χ0) is 15.5. The Morgan fingerprint density at radius 3 is 3.09 bits per heavy atom. The first-order valence-electron chi connectivity index (χ1n) is 7.62. The lowest BCUT2D eigenvalue weighted by atomic mass is 10.0. The maximum absolute atomic E-state index is 12.3. The van der Waals surface area contributed by atoms with Crippen LogP contribution < -0.4 is 5.32 Å². The van der Waals surface area contributed by atoms with Crippen molar-refractivity contribution in [3.8, 4) is 0 Å². The van der Waals surface area contributed by atoms with Gasteiger partial charge in [-0.25, -0.2) is 9.78 Å². The van der Waals surface area contributed by atoms with Crippen molar-refractivity contribution in [3.05, 3.63) is 29.0 Å². The number of amides is 2. The van der Waals surface area contributed by atoms with Gasteiger partial charge in [0.1, 0.15) is 0 Å². The molecule has 22 heavy (non-hydrogen) atoms. The van der Waals surface area contributed by atoms with Crippen molar-refractivity contribution in [3.63, 3.8) is 0 Å². The van der Waals surface area contributed by atoms with Crippen molar-refractivity contribution < 1.29 is 4.79 Å². The zero-order valence-corrected chi connectivity index (χ0v) is 13.8. The fraction of sp³-hybridized carbons (Fsp3) is 0.533. The Hall–Kier alpha value is -1.89. The Balaban J connectivity index is 1.52. The molecule has 0 aliphatic carbocycles. The monoisotopic (exact) mass is 319 g/mol. The number of likely N-dealkylation sites (tertiary alicyclic amines) is 1. The highest BCUT2D eigenvalue weighted by atomic mass is 32.1. The Morgan fingerprint density at radius 1 is 1.55 bits per heavy atom. The molecule has 3 heterocycles. The predicted molar refractivity (Wildman–Crippen MR) is 87.1 cm³/mol. The van der Waals surface area contributed by atoms with E-state index in [2.05, 4.69) is 22.3 Å². The quantitative estimate of drug-likeness (QED) is 0.942.